The largest absolute Gasteiger partial charge is 0.380 e. The lowest BCUT2D eigenvalue weighted by Crippen LogP contribution is -2.46. The first-order valence-corrected chi connectivity index (χ1v) is 5.82. The Labute approximate surface area is 87.8 Å². The Morgan fingerprint density at radius 2 is 2.07 bits per heavy atom. The van der Waals surface area contributed by atoms with Gasteiger partial charge < -0.3 is 10.1 Å². The molecule has 0 aromatic heterocycles. The fourth-order valence-corrected chi connectivity index (χ4v) is 1.90. The van der Waals surface area contributed by atoms with Crippen LogP contribution in [0.2, 0.25) is 0 Å². The minimum atomic E-state index is 0.438. The summed E-state index contributed by atoms with van der Waals surface area (Å²) in [6.45, 7) is 7.95. The predicted octanol–water partition coefficient (Wildman–Crippen LogP) is 1.10. The van der Waals surface area contributed by atoms with E-state index in [9.17, 15) is 0 Å². The first kappa shape index (κ1) is 12.0. The van der Waals surface area contributed by atoms with Gasteiger partial charge in [-0.15, -0.1) is 0 Å². The van der Waals surface area contributed by atoms with Crippen LogP contribution < -0.4 is 5.32 Å². The zero-order valence-corrected chi connectivity index (χ0v) is 9.59. The smallest absolute Gasteiger partial charge is 0.0698 e. The van der Waals surface area contributed by atoms with Gasteiger partial charge in [-0.1, -0.05) is 19.8 Å². The van der Waals surface area contributed by atoms with E-state index in [0.29, 0.717) is 6.10 Å². The monoisotopic (exact) mass is 200 g/mol. The fourth-order valence-electron chi connectivity index (χ4n) is 1.90. The first-order chi connectivity index (χ1) is 6.86. The summed E-state index contributed by atoms with van der Waals surface area (Å²) in [6.07, 6.45) is 4.19. The van der Waals surface area contributed by atoms with Gasteiger partial charge in [0.05, 0.1) is 6.10 Å². The van der Waals surface area contributed by atoms with Gasteiger partial charge in [0.2, 0.25) is 0 Å². The van der Waals surface area contributed by atoms with Crippen molar-refractivity contribution in [2.24, 2.45) is 0 Å². The van der Waals surface area contributed by atoms with Crippen molar-refractivity contribution < 1.29 is 4.74 Å². The summed E-state index contributed by atoms with van der Waals surface area (Å²) in [5, 5.41) is 3.37. The van der Waals surface area contributed by atoms with Crippen molar-refractivity contribution in [3.05, 3.63) is 0 Å². The van der Waals surface area contributed by atoms with Gasteiger partial charge in [-0.2, -0.15) is 0 Å². The van der Waals surface area contributed by atoms with Crippen LogP contribution in [0, 0.1) is 0 Å². The molecule has 0 spiro atoms. The summed E-state index contributed by atoms with van der Waals surface area (Å²) < 4.78 is 5.49. The number of hydrogen-bond donors (Lipinski definition) is 1. The highest BCUT2D eigenvalue weighted by atomic mass is 16.5. The highest BCUT2D eigenvalue weighted by Crippen LogP contribution is 2.06. The molecule has 3 heteroatoms. The van der Waals surface area contributed by atoms with Crippen LogP contribution >= 0.6 is 0 Å². The number of unbranched alkanes of at least 4 members (excludes halogenated alkanes) is 1. The minimum Gasteiger partial charge on any atom is -0.380 e. The molecule has 0 aliphatic carbocycles. The Kier molecular flexibility index (Phi) is 6.15. The van der Waals surface area contributed by atoms with E-state index in [1.54, 1.807) is 0 Å². The molecular weight excluding hydrogens is 176 g/mol. The van der Waals surface area contributed by atoms with Gasteiger partial charge in [-0.25, -0.2) is 0 Å². The first-order valence-electron chi connectivity index (χ1n) is 5.82. The van der Waals surface area contributed by atoms with Gasteiger partial charge >= 0.3 is 0 Å². The summed E-state index contributed by atoms with van der Waals surface area (Å²) in [4.78, 5) is 2.50. The lowest BCUT2D eigenvalue weighted by atomic mass is 10.1. The topological polar surface area (TPSA) is 24.5 Å². The maximum absolute atomic E-state index is 5.49. The van der Waals surface area contributed by atoms with Gasteiger partial charge in [0.25, 0.3) is 0 Å². The van der Waals surface area contributed by atoms with Gasteiger partial charge in [-0.3, -0.25) is 4.90 Å². The van der Waals surface area contributed by atoms with Crippen LogP contribution in [-0.2, 0) is 4.74 Å². The molecule has 0 aromatic carbocycles. The van der Waals surface area contributed by atoms with E-state index >= 15 is 0 Å². The standard InChI is InChI=1S/C11H24N2O/c1-3-4-5-11(14-2)10-13-8-6-12-7-9-13/h11-12H,3-10H2,1-2H3. The Bertz CT molecular complexity index is 135. The van der Waals surface area contributed by atoms with Crippen LogP contribution in [0.5, 0.6) is 0 Å². The molecule has 1 aliphatic rings. The van der Waals surface area contributed by atoms with Crippen molar-refractivity contribution in [2.75, 3.05) is 39.8 Å². The third-order valence-electron chi connectivity index (χ3n) is 2.88. The summed E-state index contributed by atoms with van der Waals surface area (Å²) in [5.41, 5.74) is 0. The number of rotatable bonds is 6. The summed E-state index contributed by atoms with van der Waals surface area (Å²) in [5.74, 6) is 0. The van der Waals surface area contributed by atoms with E-state index in [2.05, 4.69) is 17.1 Å². The molecule has 0 radical (unpaired) electrons. The number of hydrogen-bond acceptors (Lipinski definition) is 3. The SMILES string of the molecule is CCCCC(CN1CCNCC1)OC. The summed E-state index contributed by atoms with van der Waals surface area (Å²) >= 11 is 0. The van der Waals surface area contributed by atoms with Gasteiger partial charge in [0.15, 0.2) is 0 Å². The van der Waals surface area contributed by atoms with E-state index in [0.717, 1.165) is 19.6 Å². The molecule has 1 fully saturated rings. The van der Waals surface area contributed by atoms with Crippen LogP contribution in [0.4, 0.5) is 0 Å². The van der Waals surface area contributed by atoms with Crippen LogP contribution in [0.15, 0.2) is 0 Å². The molecule has 1 unspecified atom stereocenters. The lowest BCUT2D eigenvalue weighted by Gasteiger charge is -2.30. The highest BCUT2D eigenvalue weighted by molar-refractivity contribution is 4.71. The number of nitrogens with zero attached hydrogens (tertiary/aromatic N) is 1. The minimum absolute atomic E-state index is 0.438. The summed E-state index contributed by atoms with van der Waals surface area (Å²) in [6, 6.07) is 0. The Morgan fingerprint density at radius 1 is 1.36 bits per heavy atom. The van der Waals surface area contributed by atoms with Crippen molar-refractivity contribution >= 4 is 0 Å². The van der Waals surface area contributed by atoms with E-state index in [1.165, 1.54) is 32.4 Å². The molecule has 1 aliphatic heterocycles. The molecule has 1 saturated heterocycles. The second-order valence-electron chi connectivity index (χ2n) is 4.05. The van der Waals surface area contributed by atoms with E-state index in [1.807, 2.05) is 7.11 Å². The molecule has 1 N–H and O–H groups in total. The molecule has 1 atom stereocenters. The van der Waals surface area contributed by atoms with Crippen molar-refractivity contribution in [1.82, 2.24) is 10.2 Å². The van der Waals surface area contributed by atoms with Crippen LogP contribution in [0.3, 0.4) is 0 Å². The fraction of sp³-hybridized carbons (Fsp3) is 1.00. The van der Waals surface area contributed by atoms with Gasteiger partial charge in [0, 0.05) is 39.8 Å². The van der Waals surface area contributed by atoms with Crippen molar-refractivity contribution in [1.29, 1.82) is 0 Å². The molecule has 1 rings (SSSR count). The number of methoxy groups -OCH3 is 1. The van der Waals surface area contributed by atoms with E-state index in [-0.39, 0.29) is 0 Å². The van der Waals surface area contributed by atoms with E-state index in [4.69, 9.17) is 4.74 Å². The number of ether oxygens (including phenoxy) is 1. The predicted molar refractivity (Wildman–Crippen MR) is 59.6 cm³/mol. The maximum atomic E-state index is 5.49. The van der Waals surface area contributed by atoms with Gasteiger partial charge in [-0.05, 0) is 6.42 Å². The van der Waals surface area contributed by atoms with Crippen molar-refractivity contribution in [3.8, 4) is 0 Å². The van der Waals surface area contributed by atoms with E-state index < -0.39 is 0 Å². The second-order valence-corrected chi connectivity index (χ2v) is 4.05. The Hall–Kier alpha value is -0.120. The van der Waals surface area contributed by atoms with Gasteiger partial charge in [0.1, 0.15) is 0 Å². The normalized spacial score (nSPS) is 21.0. The average Bonchev–Trinajstić information content (AvgIpc) is 2.25. The lowest BCUT2D eigenvalue weighted by molar-refractivity contribution is 0.0527. The van der Waals surface area contributed by atoms with Crippen LogP contribution in [0.1, 0.15) is 26.2 Å². The zero-order chi connectivity index (χ0) is 10.2. The third kappa shape index (κ3) is 4.40. The van der Waals surface area contributed by atoms with Crippen molar-refractivity contribution in [2.45, 2.75) is 32.3 Å². The molecule has 1 heterocycles. The number of nitrogens with one attached hydrogen (secondary N) is 1. The zero-order valence-electron chi connectivity index (χ0n) is 9.59. The molecule has 0 aromatic rings. The quantitative estimate of drug-likeness (QED) is 0.695. The maximum Gasteiger partial charge on any atom is 0.0698 e. The Balaban J connectivity index is 2.16. The summed E-state index contributed by atoms with van der Waals surface area (Å²) in [7, 11) is 1.84. The average molecular weight is 200 g/mol. The molecule has 84 valence electrons. The molecular formula is C11H24N2O. The number of piperazine rings is 1. The van der Waals surface area contributed by atoms with Crippen molar-refractivity contribution in [3.63, 3.8) is 0 Å². The molecule has 0 saturated carbocycles. The third-order valence-corrected chi connectivity index (χ3v) is 2.88. The molecule has 0 bridgehead atoms. The molecule has 0 amide bonds. The molecule has 14 heavy (non-hydrogen) atoms. The second kappa shape index (κ2) is 7.21. The van der Waals surface area contributed by atoms with Crippen LogP contribution in [0.25, 0.3) is 0 Å². The molecule has 3 nitrogen and oxygen atoms in total. The Morgan fingerprint density at radius 3 is 2.64 bits per heavy atom. The highest BCUT2D eigenvalue weighted by Gasteiger charge is 2.14. The van der Waals surface area contributed by atoms with Crippen LogP contribution in [-0.4, -0.2) is 50.8 Å².